The van der Waals surface area contributed by atoms with E-state index in [0.29, 0.717) is 6.54 Å². The molecule has 3 aromatic carbocycles. The van der Waals surface area contributed by atoms with Gasteiger partial charge in [0.15, 0.2) is 5.57 Å². The highest BCUT2D eigenvalue weighted by atomic mass is 15.4. The van der Waals surface area contributed by atoms with E-state index in [1.807, 2.05) is 0 Å². The Bertz CT molecular complexity index is 1340. The number of nitrogens with one attached hydrogen (secondary N) is 1. The summed E-state index contributed by atoms with van der Waals surface area (Å²) in [5.41, 5.74) is 4.11. The van der Waals surface area contributed by atoms with E-state index in [1.165, 1.54) is 59.8 Å². The summed E-state index contributed by atoms with van der Waals surface area (Å²) in [4.78, 5) is 6.97. The van der Waals surface area contributed by atoms with Crippen LogP contribution in [0, 0.1) is 22.7 Å². The summed E-state index contributed by atoms with van der Waals surface area (Å²) >= 11 is 0. The minimum atomic E-state index is 0.199. The second-order valence-corrected chi connectivity index (χ2v) is 10.7. The zero-order valence-corrected chi connectivity index (χ0v) is 22.8. The standard InChI is InChI=1S/C33H38N6/c34-22-31(23-35)33-38(20-21-39(33)26-30-10-6-9-29-8-2-3-11-32(29)30)19-7-16-36-24-27-12-14-28(15-13-27)25-37-17-4-1-5-18-37/h2-3,6,8-15,36H,1,4-5,7,16-21,24-26H2. The summed E-state index contributed by atoms with van der Waals surface area (Å²) < 4.78 is 0. The second kappa shape index (κ2) is 13.3. The van der Waals surface area contributed by atoms with Crippen LogP contribution in [0.4, 0.5) is 0 Å². The normalized spacial score (nSPS) is 15.9. The number of allylic oxidation sites excluding steroid dienone is 1. The highest BCUT2D eigenvalue weighted by molar-refractivity contribution is 5.85. The number of likely N-dealkylation sites (tertiary alicyclic amines) is 1. The lowest BCUT2D eigenvalue weighted by atomic mass is 10.0. The third-order valence-electron chi connectivity index (χ3n) is 7.92. The topological polar surface area (TPSA) is 69.3 Å². The van der Waals surface area contributed by atoms with E-state index in [1.54, 1.807) is 0 Å². The number of hydrogen-bond donors (Lipinski definition) is 1. The zero-order chi connectivity index (χ0) is 26.9. The molecule has 2 aliphatic rings. The van der Waals surface area contributed by atoms with Crippen molar-refractivity contribution in [2.45, 2.75) is 45.3 Å². The quantitative estimate of drug-likeness (QED) is 0.287. The summed E-state index contributed by atoms with van der Waals surface area (Å²) in [6.07, 6.45) is 4.97. The molecule has 2 saturated heterocycles. The molecular weight excluding hydrogens is 480 g/mol. The maximum Gasteiger partial charge on any atom is 0.169 e. The predicted molar refractivity (Wildman–Crippen MR) is 156 cm³/mol. The van der Waals surface area contributed by atoms with Crippen LogP contribution in [0.1, 0.15) is 42.4 Å². The fraction of sp³-hybridized carbons (Fsp3) is 0.394. The summed E-state index contributed by atoms with van der Waals surface area (Å²) in [5, 5.41) is 25.4. The van der Waals surface area contributed by atoms with Crippen LogP contribution in [0.25, 0.3) is 10.8 Å². The van der Waals surface area contributed by atoms with Gasteiger partial charge in [-0.2, -0.15) is 10.5 Å². The summed E-state index contributed by atoms with van der Waals surface area (Å²) in [6, 6.07) is 28.0. The number of fused-ring (bicyclic) bond motifs is 1. The fourth-order valence-corrected chi connectivity index (χ4v) is 5.87. The molecule has 2 fully saturated rings. The monoisotopic (exact) mass is 518 g/mol. The minimum absolute atomic E-state index is 0.199. The van der Waals surface area contributed by atoms with Crippen LogP contribution in [-0.2, 0) is 19.6 Å². The number of hydrogen-bond acceptors (Lipinski definition) is 6. The van der Waals surface area contributed by atoms with Crippen molar-refractivity contribution in [2.24, 2.45) is 0 Å². The molecule has 200 valence electrons. The fourth-order valence-electron chi connectivity index (χ4n) is 5.87. The van der Waals surface area contributed by atoms with Gasteiger partial charge in [-0.3, -0.25) is 4.90 Å². The molecule has 39 heavy (non-hydrogen) atoms. The molecule has 0 aliphatic carbocycles. The van der Waals surface area contributed by atoms with E-state index in [0.717, 1.165) is 51.5 Å². The van der Waals surface area contributed by atoms with Gasteiger partial charge >= 0.3 is 0 Å². The number of benzene rings is 3. The average molecular weight is 519 g/mol. The first-order valence-corrected chi connectivity index (χ1v) is 14.3. The molecule has 1 N–H and O–H groups in total. The Hall–Kier alpha value is -3.84. The Morgan fingerprint density at radius 1 is 0.744 bits per heavy atom. The lowest BCUT2D eigenvalue weighted by Gasteiger charge is -2.26. The third kappa shape index (κ3) is 6.79. The molecule has 0 aromatic heterocycles. The molecular formula is C33H38N6. The van der Waals surface area contributed by atoms with Gasteiger partial charge in [0.1, 0.15) is 18.0 Å². The first kappa shape index (κ1) is 26.8. The SMILES string of the molecule is N#CC(C#N)=C1N(CCCNCc2ccc(CN3CCCCC3)cc2)CCN1Cc1cccc2ccccc12. The first-order chi connectivity index (χ1) is 19.2. The zero-order valence-electron chi connectivity index (χ0n) is 22.8. The smallest absolute Gasteiger partial charge is 0.169 e. The summed E-state index contributed by atoms with van der Waals surface area (Å²) in [5.74, 6) is 0.775. The lowest BCUT2D eigenvalue weighted by Crippen LogP contribution is -2.29. The maximum atomic E-state index is 9.71. The van der Waals surface area contributed by atoms with Crippen molar-refractivity contribution in [3.8, 4) is 12.1 Å². The molecule has 0 unspecified atom stereocenters. The molecule has 6 nitrogen and oxygen atoms in total. The highest BCUT2D eigenvalue weighted by Crippen LogP contribution is 2.27. The molecule has 5 rings (SSSR count). The molecule has 0 bridgehead atoms. The second-order valence-electron chi connectivity index (χ2n) is 10.7. The summed E-state index contributed by atoms with van der Waals surface area (Å²) in [6.45, 7) is 8.38. The third-order valence-corrected chi connectivity index (χ3v) is 7.92. The van der Waals surface area contributed by atoms with Crippen molar-refractivity contribution < 1.29 is 0 Å². The van der Waals surface area contributed by atoms with E-state index >= 15 is 0 Å². The van der Waals surface area contributed by atoms with Crippen LogP contribution >= 0.6 is 0 Å². The molecule has 3 aromatic rings. The van der Waals surface area contributed by atoms with Gasteiger partial charge in [-0.15, -0.1) is 0 Å². The van der Waals surface area contributed by atoms with Gasteiger partial charge in [0.25, 0.3) is 0 Å². The maximum absolute atomic E-state index is 9.71. The van der Waals surface area contributed by atoms with Crippen molar-refractivity contribution in [3.63, 3.8) is 0 Å². The molecule has 0 amide bonds. The van der Waals surface area contributed by atoms with Crippen molar-refractivity contribution in [1.82, 2.24) is 20.0 Å². The Morgan fingerprint density at radius 3 is 2.26 bits per heavy atom. The summed E-state index contributed by atoms with van der Waals surface area (Å²) in [7, 11) is 0. The highest BCUT2D eigenvalue weighted by Gasteiger charge is 2.28. The van der Waals surface area contributed by atoms with Gasteiger partial charge in [0, 0.05) is 39.3 Å². The largest absolute Gasteiger partial charge is 0.355 e. The van der Waals surface area contributed by atoms with Crippen LogP contribution in [0.5, 0.6) is 0 Å². The Kier molecular flexibility index (Phi) is 9.12. The number of nitrogens with zero attached hydrogens (tertiary/aromatic N) is 5. The molecule has 0 atom stereocenters. The Balaban J connectivity index is 1.13. The predicted octanol–water partition coefficient (Wildman–Crippen LogP) is 5.38. The van der Waals surface area contributed by atoms with Gasteiger partial charge in [0.05, 0.1) is 0 Å². The minimum Gasteiger partial charge on any atom is -0.355 e. The van der Waals surface area contributed by atoms with Crippen molar-refractivity contribution in [1.29, 1.82) is 10.5 Å². The van der Waals surface area contributed by atoms with Crippen LogP contribution in [0.3, 0.4) is 0 Å². The molecule has 2 aliphatic heterocycles. The molecule has 2 heterocycles. The average Bonchev–Trinajstić information content (AvgIpc) is 3.37. The van der Waals surface area contributed by atoms with E-state index in [-0.39, 0.29) is 5.57 Å². The number of nitriles is 2. The van der Waals surface area contributed by atoms with Gasteiger partial charge < -0.3 is 15.1 Å². The van der Waals surface area contributed by atoms with Gasteiger partial charge in [-0.25, -0.2) is 0 Å². The Labute approximate surface area is 232 Å². The van der Waals surface area contributed by atoms with Crippen LogP contribution in [-0.4, -0.2) is 54.0 Å². The first-order valence-electron chi connectivity index (χ1n) is 14.3. The van der Waals surface area contributed by atoms with Gasteiger partial charge in [0.2, 0.25) is 0 Å². The van der Waals surface area contributed by atoms with Crippen molar-refractivity contribution in [3.05, 3.63) is 94.8 Å². The molecule has 6 heteroatoms. The van der Waals surface area contributed by atoms with Gasteiger partial charge in [-0.05, 0) is 66.4 Å². The lowest BCUT2D eigenvalue weighted by molar-refractivity contribution is 0.221. The van der Waals surface area contributed by atoms with Crippen LogP contribution < -0.4 is 5.32 Å². The molecule has 0 spiro atoms. The van der Waals surface area contributed by atoms with E-state index < -0.39 is 0 Å². The van der Waals surface area contributed by atoms with E-state index in [9.17, 15) is 10.5 Å². The van der Waals surface area contributed by atoms with Gasteiger partial charge in [-0.1, -0.05) is 73.2 Å². The van der Waals surface area contributed by atoms with Crippen LogP contribution in [0.15, 0.2) is 78.1 Å². The Morgan fingerprint density at radius 2 is 1.46 bits per heavy atom. The van der Waals surface area contributed by atoms with E-state index in [2.05, 4.69) is 98.9 Å². The van der Waals surface area contributed by atoms with Crippen molar-refractivity contribution in [2.75, 3.05) is 39.3 Å². The van der Waals surface area contributed by atoms with Crippen LogP contribution in [0.2, 0.25) is 0 Å². The van der Waals surface area contributed by atoms with E-state index in [4.69, 9.17) is 0 Å². The van der Waals surface area contributed by atoms with Crippen molar-refractivity contribution >= 4 is 10.8 Å². The number of rotatable bonds is 10. The molecule has 0 radical (unpaired) electrons. The number of piperidine rings is 1. The molecule has 0 saturated carbocycles.